The van der Waals surface area contributed by atoms with Gasteiger partial charge in [0.25, 0.3) is 0 Å². The van der Waals surface area contributed by atoms with E-state index in [1.54, 1.807) is 5.94 Å². The van der Waals surface area contributed by atoms with Crippen molar-refractivity contribution in [2.24, 2.45) is 10.7 Å². The molecule has 34 heavy (non-hydrogen) atoms. The normalized spacial score (nSPS) is 13.9. The van der Waals surface area contributed by atoms with Crippen LogP contribution >= 0.6 is 0 Å². The summed E-state index contributed by atoms with van der Waals surface area (Å²) in [5.74, 6) is 1.08. The molecule has 3 heterocycles. The maximum Gasteiger partial charge on any atom is 0.435 e. The number of aromatic nitrogens is 3. The van der Waals surface area contributed by atoms with Gasteiger partial charge in [-0.1, -0.05) is 12.1 Å². The zero-order valence-electron chi connectivity index (χ0n) is 16.7. The van der Waals surface area contributed by atoms with Gasteiger partial charge in [0.1, 0.15) is 22.9 Å². The molecule has 3 N–H and O–H groups in total. The number of nitrogens with two attached hydrogens (primary N) is 1. The second-order valence-corrected chi connectivity index (χ2v) is 6.91. The Kier molecular flexibility index (Phi) is 5.49. The van der Waals surface area contributed by atoms with Crippen molar-refractivity contribution >= 4 is 29.2 Å². The minimum absolute atomic E-state index is 0.0152. The summed E-state index contributed by atoms with van der Waals surface area (Å²) in [6.07, 6.45) is -5.30. The maximum absolute atomic E-state index is 14.0. The topological polar surface area (TPSA) is 98.2 Å². The fraction of sp³-hybridized carbons (Fsp3) is 0.0952. The fourth-order valence-corrected chi connectivity index (χ4v) is 3.31. The Balaban J connectivity index is 1.86. The van der Waals surface area contributed by atoms with E-state index >= 15 is 0 Å². The lowest BCUT2D eigenvalue weighted by molar-refractivity contribution is -0.142. The highest BCUT2D eigenvalue weighted by Crippen LogP contribution is 2.39. The molecule has 0 amide bonds. The Morgan fingerprint density at radius 1 is 1.12 bits per heavy atom. The number of benzene rings is 1. The van der Waals surface area contributed by atoms with Gasteiger partial charge in [-0.05, 0) is 24.3 Å². The number of rotatable bonds is 3. The predicted molar refractivity (Wildman–Crippen MR) is 109 cm³/mol. The molecule has 174 valence electrons. The highest BCUT2D eigenvalue weighted by molar-refractivity contribution is 5.99. The van der Waals surface area contributed by atoms with Crippen LogP contribution in [-0.4, -0.2) is 26.5 Å². The van der Waals surface area contributed by atoms with Gasteiger partial charge in [0.05, 0.1) is 11.9 Å². The molecule has 0 bridgehead atoms. The molecule has 0 aliphatic carbocycles. The lowest BCUT2D eigenvalue weighted by Gasteiger charge is -2.18. The minimum Gasteiger partial charge on any atom is -0.383 e. The third-order valence-electron chi connectivity index (χ3n) is 4.77. The molecule has 13 heteroatoms. The van der Waals surface area contributed by atoms with Crippen LogP contribution < -0.4 is 11.1 Å². The number of halogens is 6. The molecule has 7 nitrogen and oxygen atoms in total. The van der Waals surface area contributed by atoms with Gasteiger partial charge in [0.15, 0.2) is 11.6 Å². The van der Waals surface area contributed by atoms with Crippen LogP contribution in [0.2, 0.25) is 0 Å². The Morgan fingerprint density at radius 3 is 2.56 bits per heavy atom. The van der Waals surface area contributed by atoms with Crippen molar-refractivity contribution in [1.29, 1.82) is 0 Å². The summed E-state index contributed by atoms with van der Waals surface area (Å²) in [7, 11) is 0. The number of hydrogen-bond acceptors (Lipinski definition) is 5. The molecule has 0 spiro atoms. The largest absolute Gasteiger partial charge is 0.435 e. The maximum atomic E-state index is 14.0. The van der Waals surface area contributed by atoms with E-state index in [-0.39, 0.29) is 22.5 Å². The van der Waals surface area contributed by atoms with Gasteiger partial charge in [0.2, 0.25) is 0 Å². The van der Waals surface area contributed by atoms with Gasteiger partial charge in [-0.25, -0.2) is 14.5 Å². The highest BCUT2D eigenvalue weighted by Gasteiger charge is 2.40. The van der Waals surface area contributed by atoms with Crippen LogP contribution in [0, 0.1) is 0 Å². The number of fused-ring (bicyclic) bond motifs is 1. The average Bonchev–Trinajstić information content (AvgIpc) is 3.21. The number of alkyl halides is 6. The molecule has 0 unspecified atom stereocenters. The lowest BCUT2D eigenvalue weighted by Crippen LogP contribution is -2.18. The Labute approximate surface area is 186 Å². The standard InChI is InChI=1S/C21H12F6N6O/c22-20(23,24)17-8-11(4-6-30-17)19(28)32-14-9-31-33(18(14)21(25,26)27)16-3-1-2-12-13(16)5-7-29-15(12)10-34/h1-9,29H,(H2,28,32). The van der Waals surface area contributed by atoms with Gasteiger partial charge in [-0.2, -0.15) is 31.4 Å². The SMILES string of the molecule is NC(=Nc1cnn(-c2cccc3c2C=CNC3=C=O)c1C(F)(F)F)c1ccnc(C(F)(F)F)c1. The first-order chi connectivity index (χ1) is 16.0. The number of nitrogens with zero attached hydrogens (tertiary/aromatic N) is 4. The molecular formula is C21H12F6N6O. The quantitative estimate of drug-likeness (QED) is 0.256. The third-order valence-corrected chi connectivity index (χ3v) is 4.77. The van der Waals surface area contributed by atoms with E-state index in [2.05, 4.69) is 20.4 Å². The summed E-state index contributed by atoms with van der Waals surface area (Å²) in [5.41, 5.74) is 2.75. The van der Waals surface area contributed by atoms with Gasteiger partial charge in [-0.15, -0.1) is 0 Å². The van der Waals surface area contributed by atoms with Crippen molar-refractivity contribution in [1.82, 2.24) is 20.1 Å². The van der Waals surface area contributed by atoms with Crippen LogP contribution in [0.1, 0.15) is 28.1 Å². The summed E-state index contributed by atoms with van der Waals surface area (Å²) in [5, 5.41) is 6.45. The van der Waals surface area contributed by atoms with Gasteiger partial charge >= 0.3 is 12.4 Å². The molecule has 0 atom stereocenters. The van der Waals surface area contributed by atoms with E-state index in [9.17, 15) is 31.1 Å². The van der Waals surface area contributed by atoms with Crippen molar-refractivity contribution in [2.45, 2.75) is 12.4 Å². The Hall–Kier alpha value is -4.38. The lowest BCUT2D eigenvalue weighted by atomic mass is 10.0. The number of nitrogens with one attached hydrogen (secondary N) is 1. The predicted octanol–water partition coefficient (Wildman–Crippen LogP) is 4.09. The summed E-state index contributed by atoms with van der Waals surface area (Å²) in [6.45, 7) is 0. The van der Waals surface area contributed by atoms with Gasteiger partial charge in [-0.3, -0.25) is 4.98 Å². The molecule has 2 aromatic heterocycles. The Morgan fingerprint density at radius 2 is 1.88 bits per heavy atom. The highest BCUT2D eigenvalue weighted by atomic mass is 19.4. The molecule has 1 aromatic carbocycles. The Bertz CT molecular complexity index is 1380. The van der Waals surface area contributed by atoms with E-state index in [0.717, 1.165) is 18.5 Å². The zero-order chi connectivity index (χ0) is 24.7. The van der Waals surface area contributed by atoms with Crippen molar-refractivity contribution < 1.29 is 31.1 Å². The van der Waals surface area contributed by atoms with E-state index < -0.39 is 35.3 Å². The average molecular weight is 478 g/mol. The molecule has 4 rings (SSSR count). The number of amidine groups is 1. The molecule has 3 aromatic rings. The van der Waals surface area contributed by atoms with E-state index in [0.29, 0.717) is 16.3 Å². The second kappa shape index (κ2) is 8.19. The number of hydrogen-bond donors (Lipinski definition) is 2. The van der Waals surface area contributed by atoms with Gasteiger partial charge < -0.3 is 11.1 Å². The molecule has 0 saturated heterocycles. The van der Waals surface area contributed by atoms with Crippen molar-refractivity contribution in [3.05, 3.63) is 77.0 Å². The third kappa shape index (κ3) is 4.16. The van der Waals surface area contributed by atoms with Crippen LogP contribution in [0.15, 0.2) is 53.9 Å². The molecule has 0 saturated carbocycles. The minimum atomic E-state index is -4.96. The number of carbonyl (C=O) groups excluding carboxylic acids is 1. The summed E-state index contributed by atoms with van der Waals surface area (Å²) < 4.78 is 81.5. The summed E-state index contributed by atoms with van der Waals surface area (Å²) in [4.78, 5) is 18.1. The molecule has 0 fully saturated rings. The van der Waals surface area contributed by atoms with Crippen LogP contribution in [0.25, 0.3) is 17.5 Å². The second-order valence-electron chi connectivity index (χ2n) is 6.91. The van der Waals surface area contributed by atoms with Crippen LogP contribution in [-0.2, 0) is 17.1 Å². The van der Waals surface area contributed by atoms with E-state index in [4.69, 9.17) is 5.73 Å². The van der Waals surface area contributed by atoms with Crippen molar-refractivity contribution in [3.8, 4) is 5.69 Å². The van der Waals surface area contributed by atoms with Crippen LogP contribution in [0.4, 0.5) is 32.0 Å². The van der Waals surface area contributed by atoms with Crippen LogP contribution in [0.3, 0.4) is 0 Å². The zero-order valence-corrected chi connectivity index (χ0v) is 16.7. The molecule has 1 aliphatic heterocycles. The first kappa shape index (κ1) is 22.8. The molecular weight excluding hydrogens is 466 g/mol. The van der Waals surface area contributed by atoms with Crippen LogP contribution in [0.5, 0.6) is 0 Å². The molecule has 0 radical (unpaired) electrons. The summed E-state index contributed by atoms with van der Waals surface area (Å²) in [6, 6.07) is 5.97. The van der Waals surface area contributed by atoms with Crippen molar-refractivity contribution in [2.75, 3.05) is 0 Å². The first-order valence-corrected chi connectivity index (χ1v) is 9.35. The van der Waals surface area contributed by atoms with Crippen molar-refractivity contribution in [3.63, 3.8) is 0 Å². The fourth-order valence-electron chi connectivity index (χ4n) is 3.31. The molecule has 1 aliphatic rings. The van der Waals surface area contributed by atoms with E-state index in [1.807, 2.05) is 0 Å². The van der Waals surface area contributed by atoms with Gasteiger partial charge in [0, 0.05) is 29.1 Å². The number of aliphatic imine (C=N–C) groups is 1. The monoisotopic (exact) mass is 478 g/mol. The van der Waals surface area contributed by atoms with E-state index in [1.165, 1.54) is 30.5 Å². The number of pyridine rings is 1. The smallest absolute Gasteiger partial charge is 0.383 e. The first-order valence-electron chi connectivity index (χ1n) is 9.35. The summed E-state index contributed by atoms with van der Waals surface area (Å²) >= 11 is 0.